The molecule has 8 heteroatoms. The number of halogens is 2. The van der Waals surface area contributed by atoms with Crippen molar-refractivity contribution in [3.63, 3.8) is 0 Å². The molecule has 3 aromatic carbocycles. The third kappa shape index (κ3) is 6.09. The van der Waals surface area contributed by atoms with Gasteiger partial charge >= 0.3 is 5.97 Å². The van der Waals surface area contributed by atoms with Crippen molar-refractivity contribution in [2.45, 2.75) is 13.8 Å². The zero-order valence-corrected chi connectivity index (χ0v) is 18.9. The number of rotatable bonds is 7. The average Bonchev–Trinajstić information content (AvgIpc) is 2.77. The summed E-state index contributed by atoms with van der Waals surface area (Å²) in [5.41, 5.74) is 4.87. The van der Waals surface area contributed by atoms with Crippen LogP contribution in [-0.2, 0) is 0 Å². The first-order valence-corrected chi connectivity index (χ1v) is 10.5. The van der Waals surface area contributed by atoms with Crippen molar-refractivity contribution in [3.8, 4) is 11.5 Å². The SMILES string of the molecule is CCOc1cc(/C=N\NC(=O)c2ccc(Cl)c(Cl)c2)ccc1OC(=O)c1ccc(C)cc1. The fraction of sp³-hybridized carbons (Fsp3) is 0.125. The van der Waals surface area contributed by atoms with Crippen LogP contribution < -0.4 is 14.9 Å². The van der Waals surface area contributed by atoms with Gasteiger partial charge in [-0.1, -0.05) is 40.9 Å². The van der Waals surface area contributed by atoms with Crippen LogP contribution in [0.15, 0.2) is 65.8 Å². The number of carbonyl (C=O) groups is 2. The molecule has 6 nitrogen and oxygen atoms in total. The van der Waals surface area contributed by atoms with Gasteiger partial charge in [0.2, 0.25) is 0 Å². The van der Waals surface area contributed by atoms with Crippen molar-refractivity contribution in [1.82, 2.24) is 5.43 Å². The molecule has 0 atom stereocenters. The molecule has 32 heavy (non-hydrogen) atoms. The molecule has 0 spiro atoms. The molecule has 3 rings (SSSR count). The molecule has 0 aliphatic heterocycles. The molecule has 0 unspecified atom stereocenters. The van der Waals surface area contributed by atoms with E-state index in [0.29, 0.717) is 34.1 Å². The number of carbonyl (C=O) groups excluding carboxylic acids is 2. The number of nitrogens with zero attached hydrogens (tertiary/aromatic N) is 1. The zero-order valence-electron chi connectivity index (χ0n) is 17.4. The Morgan fingerprint density at radius 2 is 1.66 bits per heavy atom. The second kappa shape index (κ2) is 10.8. The highest BCUT2D eigenvalue weighted by molar-refractivity contribution is 6.42. The van der Waals surface area contributed by atoms with Gasteiger partial charge in [0.15, 0.2) is 11.5 Å². The molecular weight excluding hydrogens is 451 g/mol. The van der Waals surface area contributed by atoms with Crippen LogP contribution in [0.3, 0.4) is 0 Å². The molecular formula is C24H20Cl2N2O4. The molecule has 0 saturated heterocycles. The number of ether oxygens (including phenoxy) is 2. The molecule has 0 bridgehead atoms. The van der Waals surface area contributed by atoms with Crippen LogP contribution in [0.2, 0.25) is 10.0 Å². The van der Waals surface area contributed by atoms with Crippen molar-refractivity contribution >= 4 is 41.3 Å². The topological polar surface area (TPSA) is 77.0 Å². The lowest BCUT2D eigenvalue weighted by atomic mass is 10.1. The summed E-state index contributed by atoms with van der Waals surface area (Å²) < 4.78 is 11.1. The van der Waals surface area contributed by atoms with Crippen LogP contribution >= 0.6 is 23.2 Å². The summed E-state index contributed by atoms with van der Waals surface area (Å²) in [6, 6.07) is 16.6. The summed E-state index contributed by atoms with van der Waals surface area (Å²) >= 11 is 11.8. The van der Waals surface area contributed by atoms with Gasteiger partial charge in [0.25, 0.3) is 5.91 Å². The van der Waals surface area contributed by atoms with Crippen LogP contribution in [0.4, 0.5) is 0 Å². The van der Waals surface area contributed by atoms with Crippen molar-refractivity contribution in [2.24, 2.45) is 5.10 Å². The summed E-state index contributed by atoms with van der Waals surface area (Å²) in [6.07, 6.45) is 1.45. The van der Waals surface area contributed by atoms with Crippen molar-refractivity contribution in [1.29, 1.82) is 0 Å². The van der Waals surface area contributed by atoms with Crippen LogP contribution in [-0.4, -0.2) is 24.7 Å². The van der Waals surface area contributed by atoms with E-state index in [-0.39, 0.29) is 10.8 Å². The maximum absolute atomic E-state index is 12.4. The number of amides is 1. The molecule has 0 aliphatic rings. The molecule has 1 amide bonds. The van der Waals surface area contributed by atoms with Crippen molar-refractivity contribution in [3.05, 3.63) is 93.0 Å². The van der Waals surface area contributed by atoms with E-state index in [4.69, 9.17) is 32.7 Å². The largest absolute Gasteiger partial charge is 0.490 e. The Labute approximate surface area is 195 Å². The fourth-order valence-corrected chi connectivity index (χ4v) is 2.97. The first-order chi connectivity index (χ1) is 15.4. The third-order valence-electron chi connectivity index (χ3n) is 4.32. The Morgan fingerprint density at radius 3 is 2.34 bits per heavy atom. The van der Waals surface area contributed by atoms with Gasteiger partial charge in [-0.25, -0.2) is 10.2 Å². The monoisotopic (exact) mass is 470 g/mol. The molecule has 164 valence electrons. The highest BCUT2D eigenvalue weighted by atomic mass is 35.5. The lowest BCUT2D eigenvalue weighted by Crippen LogP contribution is -2.17. The van der Waals surface area contributed by atoms with E-state index >= 15 is 0 Å². The fourth-order valence-electron chi connectivity index (χ4n) is 2.67. The first-order valence-electron chi connectivity index (χ1n) is 9.71. The van der Waals surface area contributed by atoms with E-state index in [9.17, 15) is 9.59 Å². The van der Waals surface area contributed by atoms with E-state index in [1.54, 1.807) is 36.4 Å². The van der Waals surface area contributed by atoms with Crippen LogP contribution in [0, 0.1) is 6.92 Å². The summed E-state index contributed by atoms with van der Waals surface area (Å²) in [5.74, 6) is -0.253. The van der Waals surface area contributed by atoms with Gasteiger partial charge in [-0.05, 0) is 67.9 Å². The zero-order chi connectivity index (χ0) is 23.1. The molecule has 3 aromatic rings. The minimum absolute atomic E-state index is 0.278. The van der Waals surface area contributed by atoms with Crippen LogP contribution in [0.5, 0.6) is 11.5 Å². The van der Waals surface area contributed by atoms with E-state index in [0.717, 1.165) is 5.56 Å². The number of hydrogen-bond donors (Lipinski definition) is 1. The van der Waals surface area contributed by atoms with Gasteiger partial charge in [-0.15, -0.1) is 0 Å². The van der Waals surface area contributed by atoms with Gasteiger partial charge in [0.1, 0.15) is 0 Å². The van der Waals surface area contributed by atoms with Crippen LogP contribution in [0.1, 0.15) is 38.8 Å². The quantitative estimate of drug-likeness (QED) is 0.208. The lowest BCUT2D eigenvalue weighted by molar-refractivity contribution is 0.0728. The van der Waals surface area contributed by atoms with Gasteiger partial charge in [0.05, 0.1) is 28.4 Å². The Bertz CT molecular complexity index is 1160. The van der Waals surface area contributed by atoms with E-state index in [1.807, 2.05) is 26.0 Å². The van der Waals surface area contributed by atoms with E-state index < -0.39 is 11.9 Å². The maximum Gasteiger partial charge on any atom is 0.343 e. The van der Waals surface area contributed by atoms with Gasteiger partial charge in [-0.2, -0.15) is 5.10 Å². The Balaban J connectivity index is 1.70. The summed E-state index contributed by atoms with van der Waals surface area (Å²) in [4.78, 5) is 24.6. The minimum atomic E-state index is -0.485. The molecule has 0 saturated carbocycles. The second-order valence-electron chi connectivity index (χ2n) is 6.72. The standard InChI is InChI=1S/C24H20Cl2N2O4/c1-3-31-22-12-16(14-27-28-23(29)18-9-10-19(25)20(26)13-18)6-11-21(22)32-24(30)17-7-4-15(2)5-8-17/h4-14H,3H2,1-2H3,(H,28,29)/b27-14-. The van der Waals surface area contributed by atoms with E-state index in [2.05, 4.69) is 10.5 Å². The maximum atomic E-state index is 12.4. The Hall–Kier alpha value is -3.35. The van der Waals surface area contributed by atoms with Gasteiger partial charge < -0.3 is 9.47 Å². The third-order valence-corrected chi connectivity index (χ3v) is 5.06. The Morgan fingerprint density at radius 1 is 0.938 bits per heavy atom. The van der Waals surface area contributed by atoms with Crippen molar-refractivity contribution < 1.29 is 19.1 Å². The molecule has 0 radical (unpaired) electrons. The van der Waals surface area contributed by atoms with Gasteiger partial charge in [0, 0.05) is 5.56 Å². The normalized spacial score (nSPS) is 10.8. The number of hydrazone groups is 1. The summed E-state index contributed by atoms with van der Waals surface area (Å²) in [5, 5.41) is 4.59. The number of hydrogen-bond acceptors (Lipinski definition) is 5. The Kier molecular flexibility index (Phi) is 7.87. The number of esters is 1. The number of nitrogens with one attached hydrogen (secondary N) is 1. The minimum Gasteiger partial charge on any atom is -0.490 e. The highest BCUT2D eigenvalue weighted by Crippen LogP contribution is 2.29. The van der Waals surface area contributed by atoms with E-state index in [1.165, 1.54) is 18.3 Å². The average molecular weight is 471 g/mol. The van der Waals surface area contributed by atoms with Gasteiger partial charge in [-0.3, -0.25) is 4.79 Å². The molecule has 0 fully saturated rings. The molecule has 1 N–H and O–H groups in total. The molecule has 0 heterocycles. The van der Waals surface area contributed by atoms with Crippen molar-refractivity contribution in [2.75, 3.05) is 6.61 Å². The lowest BCUT2D eigenvalue weighted by Gasteiger charge is -2.11. The second-order valence-corrected chi connectivity index (χ2v) is 7.54. The summed E-state index contributed by atoms with van der Waals surface area (Å²) in [6.45, 7) is 4.14. The highest BCUT2D eigenvalue weighted by Gasteiger charge is 2.13. The number of benzene rings is 3. The smallest absolute Gasteiger partial charge is 0.343 e. The predicted octanol–water partition coefficient (Wildman–Crippen LogP) is 5.68. The summed E-state index contributed by atoms with van der Waals surface area (Å²) in [7, 11) is 0. The number of aryl methyl sites for hydroxylation is 1. The molecule has 0 aliphatic carbocycles. The predicted molar refractivity (Wildman–Crippen MR) is 125 cm³/mol. The first kappa shape index (κ1) is 23.3. The van der Waals surface area contributed by atoms with Crippen LogP contribution in [0.25, 0.3) is 0 Å². The molecule has 0 aromatic heterocycles.